The summed E-state index contributed by atoms with van der Waals surface area (Å²) in [6, 6.07) is 10.2. The molecule has 33 heavy (non-hydrogen) atoms. The predicted octanol–water partition coefficient (Wildman–Crippen LogP) is 3.10. The third-order valence-electron chi connectivity index (χ3n) is 5.67. The highest BCUT2D eigenvalue weighted by molar-refractivity contribution is 6.00. The first-order valence-electron chi connectivity index (χ1n) is 10.8. The SMILES string of the molecule is CC(C(=O)NC1CCCC1)N(C(=O)Cn1nnc(-c2ccc(F)cc2)n1)c1ccc(F)cc1. The number of hydrogen-bond acceptors (Lipinski definition) is 5. The molecule has 1 atom stereocenters. The Morgan fingerprint density at radius 2 is 1.67 bits per heavy atom. The summed E-state index contributed by atoms with van der Waals surface area (Å²) in [4.78, 5) is 28.6. The van der Waals surface area contributed by atoms with E-state index in [-0.39, 0.29) is 30.1 Å². The van der Waals surface area contributed by atoms with E-state index in [1.165, 1.54) is 53.4 Å². The number of rotatable bonds is 7. The van der Waals surface area contributed by atoms with Crippen LogP contribution in [0.2, 0.25) is 0 Å². The summed E-state index contributed by atoms with van der Waals surface area (Å²) in [6.45, 7) is 1.34. The summed E-state index contributed by atoms with van der Waals surface area (Å²) in [5.41, 5.74) is 0.934. The fourth-order valence-electron chi connectivity index (χ4n) is 3.92. The van der Waals surface area contributed by atoms with Crippen LogP contribution in [0.3, 0.4) is 0 Å². The molecule has 4 rings (SSSR count). The molecule has 1 aromatic heterocycles. The topological polar surface area (TPSA) is 93.0 Å². The molecule has 1 fully saturated rings. The fourth-order valence-corrected chi connectivity index (χ4v) is 3.92. The maximum atomic E-state index is 13.5. The first-order valence-corrected chi connectivity index (χ1v) is 10.8. The highest BCUT2D eigenvalue weighted by Gasteiger charge is 2.30. The molecule has 1 aliphatic carbocycles. The molecule has 0 bridgehead atoms. The van der Waals surface area contributed by atoms with Gasteiger partial charge >= 0.3 is 0 Å². The van der Waals surface area contributed by atoms with Gasteiger partial charge in [-0.25, -0.2) is 8.78 Å². The lowest BCUT2D eigenvalue weighted by Crippen LogP contribution is -2.51. The number of hydrogen-bond donors (Lipinski definition) is 1. The predicted molar refractivity (Wildman–Crippen MR) is 117 cm³/mol. The van der Waals surface area contributed by atoms with Gasteiger partial charge < -0.3 is 5.32 Å². The molecule has 2 aromatic carbocycles. The molecule has 0 saturated heterocycles. The van der Waals surface area contributed by atoms with Gasteiger partial charge in [0.2, 0.25) is 11.7 Å². The molecule has 0 spiro atoms. The van der Waals surface area contributed by atoms with Gasteiger partial charge in [-0.3, -0.25) is 14.5 Å². The summed E-state index contributed by atoms with van der Waals surface area (Å²) in [5.74, 6) is -1.34. The maximum Gasteiger partial charge on any atom is 0.251 e. The Hall–Kier alpha value is -3.69. The Bertz CT molecular complexity index is 1110. The van der Waals surface area contributed by atoms with Crippen molar-refractivity contribution in [1.82, 2.24) is 25.5 Å². The van der Waals surface area contributed by atoms with Crippen LogP contribution in [0.15, 0.2) is 48.5 Å². The second kappa shape index (κ2) is 9.85. The Morgan fingerprint density at radius 1 is 1.06 bits per heavy atom. The van der Waals surface area contributed by atoms with E-state index in [9.17, 15) is 18.4 Å². The molecule has 1 heterocycles. The van der Waals surface area contributed by atoms with Crippen LogP contribution in [0.25, 0.3) is 11.4 Å². The fraction of sp³-hybridized carbons (Fsp3) is 0.348. The molecular weight excluding hydrogens is 430 g/mol. The molecule has 3 aromatic rings. The van der Waals surface area contributed by atoms with Gasteiger partial charge in [0.1, 0.15) is 24.2 Å². The van der Waals surface area contributed by atoms with Crippen molar-refractivity contribution in [2.45, 2.75) is 51.2 Å². The zero-order chi connectivity index (χ0) is 23.4. The quantitative estimate of drug-likeness (QED) is 0.592. The highest BCUT2D eigenvalue weighted by Crippen LogP contribution is 2.21. The first kappa shape index (κ1) is 22.5. The number of carbonyl (C=O) groups is 2. The van der Waals surface area contributed by atoms with Crippen LogP contribution >= 0.6 is 0 Å². The second-order valence-electron chi connectivity index (χ2n) is 8.06. The van der Waals surface area contributed by atoms with Crippen LogP contribution in [-0.4, -0.2) is 44.1 Å². The van der Waals surface area contributed by atoms with E-state index in [2.05, 4.69) is 20.7 Å². The summed E-state index contributed by atoms with van der Waals surface area (Å²) in [5, 5.41) is 15.0. The van der Waals surface area contributed by atoms with E-state index in [4.69, 9.17) is 0 Å². The summed E-state index contributed by atoms with van der Waals surface area (Å²) in [6.07, 6.45) is 3.96. The minimum atomic E-state index is -0.830. The van der Waals surface area contributed by atoms with Gasteiger partial charge in [0.05, 0.1) is 0 Å². The van der Waals surface area contributed by atoms with Gasteiger partial charge in [0, 0.05) is 17.3 Å². The van der Waals surface area contributed by atoms with Crippen molar-refractivity contribution in [3.63, 3.8) is 0 Å². The van der Waals surface area contributed by atoms with Crippen LogP contribution in [0.1, 0.15) is 32.6 Å². The highest BCUT2D eigenvalue weighted by atomic mass is 19.1. The molecule has 2 amide bonds. The number of nitrogens with one attached hydrogen (secondary N) is 1. The maximum absolute atomic E-state index is 13.5. The monoisotopic (exact) mass is 454 g/mol. The van der Waals surface area contributed by atoms with Crippen molar-refractivity contribution in [2.75, 3.05) is 4.90 Å². The molecular formula is C23H24F2N6O2. The van der Waals surface area contributed by atoms with E-state index in [1.54, 1.807) is 6.92 Å². The zero-order valence-corrected chi connectivity index (χ0v) is 18.1. The van der Waals surface area contributed by atoms with E-state index in [0.717, 1.165) is 30.5 Å². The minimum absolute atomic E-state index is 0.0976. The molecule has 0 aliphatic heterocycles. The second-order valence-corrected chi connectivity index (χ2v) is 8.06. The van der Waals surface area contributed by atoms with Crippen molar-refractivity contribution in [2.24, 2.45) is 0 Å². The van der Waals surface area contributed by atoms with Gasteiger partial charge in [-0.15, -0.1) is 10.2 Å². The van der Waals surface area contributed by atoms with Crippen LogP contribution in [0.4, 0.5) is 14.5 Å². The van der Waals surface area contributed by atoms with Crippen LogP contribution in [-0.2, 0) is 16.1 Å². The van der Waals surface area contributed by atoms with E-state index in [0.29, 0.717) is 11.3 Å². The smallest absolute Gasteiger partial charge is 0.251 e. The Morgan fingerprint density at radius 3 is 2.30 bits per heavy atom. The molecule has 0 radical (unpaired) electrons. The molecule has 1 unspecified atom stereocenters. The van der Waals surface area contributed by atoms with Crippen molar-refractivity contribution in [1.29, 1.82) is 0 Å². The first-order chi connectivity index (χ1) is 15.9. The summed E-state index contributed by atoms with van der Waals surface area (Å²) < 4.78 is 26.6. The molecule has 1 N–H and O–H groups in total. The number of amides is 2. The van der Waals surface area contributed by atoms with Gasteiger partial charge in [-0.05, 0) is 73.5 Å². The largest absolute Gasteiger partial charge is 0.352 e. The lowest BCUT2D eigenvalue weighted by Gasteiger charge is -2.29. The third kappa shape index (κ3) is 5.39. The standard InChI is InChI=1S/C23H24F2N6O2/c1-15(23(33)26-19-4-2-3-5-19)31(20-12-10-18(25)11-13-20)21(32)14-30-28-22(27-29-30)16-6-8-17(24)9-7-16/h6-13,15,19H,2-5,14H2,1H3,(H,26,33). The Labute approximate surface area is 189 Å². The number of tetrazole rings is 1. The van der Waals surface area contributed by atoms with E-state index >= 15 is 0 Å². The molecule has 10 heteroatoms. The average Bonchev–Trinajstić information content (AvgIpc) is 3.48. The van der Waals surface area contributed by atoms with Crippen molar-refractivity contribution >= 4 is 17.5 Å². The minimum Gasteiger partial charge on any atom is -0.352 e. The van der Waals surface area contributed by atoms with Crippen molar-refractivity contribution in [3.05, 3.63) is 60.2 Å². The van der Waals surface area contributed by atoms with Crippen molar-refractivity contribution in [3.8, 4) is 11.4 Å². The van der Waals surface area contributed by atoms with Gasteiger partial charge in [-0.2, -0.15) is 4.80 Å². The molecule has 1 saturated carbocycles. The normalized spacial score (nSPS) is 14.8. The molecule has 8 nitrogen and oxygen atoms in total. The Kier molecular flexibility index (Phi) is 6.71. The number of nitrogens with zero attached hydrogens (tertiary/aromatic N) is 5. The van der Waals surface area contributed by atoms with Crippen molar-refractivity contribution < 1.29 is 18.4 Å². The van der Waals surface area contributed by atoms with Gasteiger partial charge in [0.15, 0.2) is 0 Å². The summed E-state index contributed by atoms with van der Waals surface area (Å²) in [7, 11) is 0. The lowest BCUT2D eigenvalue weighted by molar-refractivity contribution is -0.127. The van der Waals surface area contributed by atoms with E-state index in [1.807, 2.05) is 0 Å². The number of aromatic nitrogens is 4. The number of halogens is 2. The average molecular weight is 454 g/mol. The van der Waals surface area contributed by atoms with E-state index < -0.39 is 17.8 Å². The number of benzene rings is 2. The Balaban J connectivity index is 1.53. The molecule has 1 aliphatic rings. The summed E-state index contributed by atoms with van der Waals surface area (Å²) >= 11 is 0. The number of anilines is 1. The molecule has 172 valence electrons. The van der Waals surface area contributed by atoms with Crippen LogP contribution in [0, 0.1) is 11.6 Å². The van der Waals surface area contributed by atoms with Gasteiger partial charge in [-0.1, -0.05) is 12.8 Å². The number of carbonyl (C=O) groups excluding carboxylic acids is 2. The van der Waals surface area contributed by atoms with Crippen LogP contribution in [0.5, 0.6) is 0 Å². The van der Waals surface area contributed by atoms with Gasteiger partial charge in [0.25, 0.3) is 5.91 Å². The van der Waals surface area contributed by atoms with Crippen LogP contribution < -0.4 is 10.2 Å². The lowest BCUT2D eigenvalue weighted by atomic mass is 10.1. The third-order valence-corrected chi connectivity index (χ3v) is 5.67. The zero-order valence-electron chi connectivity index (χ0n) is 18.1.